The lowest BCUT2D eigenvalue weighted by Gasteiger charge is -2.10. The number of hydrogen-bond donors (Lipinski definition) is 1. The largest absolute Gasteiger partial charge is 0.457 e. The Bertz CT molecular complexity index is 519. The summed E-state index contributed by atoms with van der Waals surface area (Å²) in [5.74, 6) is 0.674. The highest BCUT2D eigenvalue weighted by Crippen LogP contribution is 2.34. The van der Waals surface area contributed by atoms with Gasteiger partial charge in [-0.3, -0.25) is 0 Å². The maximum absolute atomic E-state index is 9.91. The van der Waals surface area contributed by atoms with Gasteiger partial charge >= 0.3 is 0 Å². The molecule has 0 aliphatic carbocycles. The molecule has 2 aromatic rings. The molecule has 86 valence electrons. The van der Waals surface area contributed by atoms with E-state index >= 15 is 0 Å². The molecular weight excluding hydrogens is 291 g/mol. The van der Waals surface area contributed by atoms with Crippen LogP contribution >= 0.6 is 27.5 Å². The Morgan fingerprint density at radius 1 is 1.31 bits per heavy atom. The molecule has 1 aromatic carbocycles. The van der Waals surface area contributed by atoms with Crippen molar-refractivity contribution in [1.29, 1.82) is 0 Å². The Kier molecular flexibility index (Phi) is 3.29. The smallest absolute Gasteiger partial charge is 0.153 e. The van der Waals surface area contributed by atoms with Gasteiger partial charge in [0.2, 0.25) is 0 Å². The zero-order chi connectivity index (χ0) is 11.9. The van der Waals surface area contributed by atoms with Crippen molar-refractivity contribution < 1.29 is 9.52 Å². The van der Waals surface area contributed by atoms with Crippen LogP contribution in [0.5, 0.6) is 0 Å². The number of rotatable bonds is 2. The second-order valence-electron chi connectivity index (χ2n) is 4.14. The first-order chi connectivity index (χ1) is 7.49. The van der Waals surface area contributed by atoms with Crippen LogP contribution in [0.2, 0.25) is 5.02 Å². The van der Waals surface area contributed by atoms with Crippen LogP contribution in [-0.4, -0.2) is 5.11 Å². The van der Waals surface area contributed by atoms with Gasteiger partial charge in [0.1, 0.15) is 11.9 Å². The van der Waals surface area contributed by atoms with Crippen LogP contribution in [0.3, 0.4) is 0 Å². The zero-order valence-electron chi connectivity index (χ0n) is 9.00. The Hall–Kier alpha value is -0.510. The van der Waals surface area contributed by atoms with Gasteiger partial charge in [-0.25, -0.2) is 0 Å². The van der Waals surface area contributed by atoms with Gasteiger partial charge in [0.15, 0.2) is 5.58 Å². The molecule has 0 saturated carbocycles. The first-order valence-corrected chi connectivity index (χ1v) is 6.22. The average molecular weight is 304 g/mol. The monoisotopic (exact) mass is 302 g/mol. The number of fused-ring (bicyclic) bond motifs is 1. The standard InChI is InChI=1S/C12H12BrClO2/c1-6(2)11(15)10-4-7-3-8(13)5-9(14)12(7)16-10/h3-6,11,15H,1-2H3. The predicted octanol–water partition coefficient (Wildman–Crippen LogP) is 4.54. The Labute approximate surface area is 107 Å². The van der Waals surface area contributed by atoms with Crippen LogP contribution in [0.25, 0.3) is 11.0 Å². The number of hydrogen-bond acceptors (Lipinski definition) is 2. The molecule has 0 bridgehead atoms. The van der Waals surface area contributed by atoms with Crippen LogP contribution in [0.4, 0.5) is 0 Å². The summed E-state index contributed by atoms with van der Waals surface area (Å²) < 4.78 is 6.47. The molecule has 0 radical (unpaired) electrons. The third kappa shape index (κ3) is 2.12. The second kappa shape index (κ2) is 4.40. The number of furan rings is 1. The lowest BCUT2D eigenvalue weighted by molar-refractivity contribution is 0.104. The van der Waals surface area contributed by atoms with Crippen molar-refractivity contribution in [2.45, 2.75) is 20.0 Å². The van der Waals surface area contributed by atoms with Crippen molar-refractivity contribution >= 4 is 38.5 Å². The second-order valence-corrected chi connectivity index (χ2v) is 5.47. The van der Waals surface area contributed by atoms with E-state index in [1.165, 1.54) is 0 Å². The van der Waals surface area contributed by atoms with Crippen LogP contribution in [0.1, 0.15) is 25.7 Å². The summed E-state index contributed by atoms with van der Waals surface area (Å²) in [4.78, 5) is 0. The number of aliphatic hydroxyl groups excluding tert-OH is 1. The lowest BCUT2D eigenvalue weighted by atomic mass is 10.1. The number of benzene rings is 1. The van der Waals surface area contributed by atoms with E-state index in [9.17, 15) is 5.11 Å². The highest BCUT2D eigenvalue weighted by molar-refractivity contribution is 9.10. The minimum atomic E-state index is -0.595. The van der Waals surface area contributed by atoms with Crippen molar-refractivity contribution in [3.05, 3.63) is 33.5 Å². The molecule has 0 amide bonds. The molecule has 0 aliphatic rings. The van der Waals surface area contributed by atoms with Crippen LogP contribution < -0.4 is 0 Å². The van der Waals surface area contributed by atoms with Crippen molar-refractivity contribution in [3.63, 3.8) is 0 Å². The summed E-state index contributed by atoms with van der Waals surface area (Å²) in [6, 6.07) is 5.52. The third-order valence-corrected chi connectivity index (χ3v) is 3.22. The molecule has 0 fully saturated rings. The fourth-order valence-corrected chi connectivity index (χ4v) is 2.44. The molecule has 1 atom stereocenters. The van der Waals surface area contributed by atoms with Gasteiger partial charge in [0, 0.05) is 9.86 Å². The molecule has 0 aliphatic heterocycles. The Balaban J connectivity index is 2.56. The van der Waals surface area contributed by atoms with Gasteiger partial charge in [0.05, 0.1) is 5.02 Å². The van der Waals surface area contributed by atoms with Crippen molar-refractivity contribution in [3.8, 4) is 0 Å². The molecule has 2 nitrogen and oxygen atoms in total. The van der Waals surface area contributed by atoms with Crippen molar-refractivity contribution in [1.82, 2.24) is 0 Å². The van der Waals surface area contributed by atoms with Gasteiger partial charge in [-0.15, -0.1) is 0 Å². The summed E-state index contributed by atoms with van der Waals surface area (Å²) >= 11 is 9.42. The molecule has 1 aromatic heterocycles. The molecule has 0 spiro atoms. The van der Waals surface area contributed by atoms with Crippen LogP contribution in [0, 0.1) is 5.92 Å². The lowest BCUT2D eigenvalue weighted by Crippen LogP contribution is -2.03. The van der Waals surface area contributed by atoms with E-state index in [4.69, 9.17) is 16.0 Å². The highest BCUT2D eigenvalue weighted by Gasteiger charge is 2.18. The molecule has 2 rings (SSSR count). The molecule has 0 saturated heterocycles. The van der Waals surface area contributed by atoms with Crippen LogP contribution in [0.15, 0.2) is 27.1 Å². The molecule has 1 N–H and O–H groups in total. The van der Waals surface area contributed by atoms with Gasteiger partial charge in [-0.2, -0.15) is 0 Å². The topological polar surface area (TPSA) is 33.4 Å². The molecule has 1 unspecified atom stereocenters. The minimum absolute atomic E-state index is 0.114. The molecule has 1 heterocycles. The maximum Gasteiger partial charge on any atom is 0.153 e. The summed E-state index contributed by atoms with van der Waals surface area (Å²) in [5.41, 5.74) is 0.625. The molecule has 16 heavy (non-hydrogen) atoms. The van der Waals surface area contributed by atoms with Crippen molar-refractivity contribution in [2.24, 2.45) is 5.92 Å². The van der Waals surface area contributed by atoms with Gasteiger partial charge in [-0.05, 0) is 24.1 Å². The summed E-state index contributed by atoms with van der Waals surface area (Å²) in [6.07, 6.45) is -0.595. The van der Waals surface area contributed by atoms with Crippen molar-refractivity contribution in [2.75, 3.05) is 0 Å². The van der Waals surface area contributed by atoms with E-state index in [1.54, 1.807) is 6.07 Å². The average Bonchev–Trinajstić information content (AvgIpc) is 2.60. The fraction of sp³-hybridized carbons (Fsp3) is 0.333. The van der Waals surface area contributed by atoms with E-state index in [0.29, 0.717) is 16.4 Å². The highest BCUT2D eigenvalue weighted by atomic mass is 79.9. The SMILES string of the molecule is CC(C)C(O)c1cc2cc(Br)cc(Cl)c2o1. The number of halogens is 2. The van der Waals surface area contributed by atoms with E-state index < -0.39 is 6.10 Å². The fourth-order valence-electron chi connectivity index (χ4n) is 1.57. The van der Waals surface area contributed by atoms with E-state index in [-0.39, 0.29) is 5.92 Å². The first-order valence-electron chi connectivity index (χ1n) is 5.05. The zero-order valence-corrected chi connectivity index (χ0v) is 11.3. The summed E-state index contributed by atoms with van der Waals surface area (Å²) in [6.45, 7) is 3.88. The van der Waals surface area contributed by atoms with E-state index in [1.807, 2.05) is 26.0 Å². The van der Waals surface area contributed by atoms with E-state index in [2.05, 4.69) is 15.9 Å². The first kappa shape index (κ1) is 12.0. The third-order valence-electron chi connectivity index (χ3n) is 2.48. The Morgan fingerprint density at radius 2 is 2.00 bits per heavy atom. The van der Waals surface area contributed by atoms with Crippen LogP contribution in [-0.2, 0) is 0 Å². The van der Waals surface area contributed by atoms with Gasteiger partial charge < -0.3 is 9.52 Å². The molecular formula is C12H12BrClO2. The predicted molar refractivity (Wildman–Crippen MR) is 68.7 cm³/mol. The van der Waals surface area contributed by atoms with E-state index in [0.717, 1.165) is 9.86 Å². The van der Waals surface area contributed by atoms with Gasteiger partial charge in [-0.1, -0.05) is 41.4 Å². The molecule has 4 heteroatoms. The Morgan fingerprint density at radius 3 is 2.62 bits per heavy atom. The number of aliphatic hydroxyl groups is 1. The quantitative estimate of drug-likeness (QED) is 0.883. The van der Waals surface area contributed by atoms with Gasteiger partial charge in [0.25, 0.3) is 0 Å². The summed E-state index contributed by atoms with van der Waals surface area (Å²) in [5, 5.41) is 11.4. The minimum Gasteiger partial charge on any atom is -0.457 e. The summed E-state index contributed by atoms with van der Waals surface area (Å²) in [7, 11) is 0. The maximum atomic E-state index is 9.91. The normalized spacial score (nSPS) is 13.6.